The first-order valence-corrected chi connectivity index (χ1v) is 4.49. The summed E-state index contributed by atoms with van der Waals surface area (Å²) in [5.41, 5.74) is 1.44. The second kappa shape index (κ2) is 5.59. The summed E-state index contributed by atoms with van der Waals surface area (Å²) in [6.07, 6.45) is 2.95. The zero-order chi connectivity index (χ0) is 12.0. The fraction of sp³-hybridized carbons (Fsp3) is 0.200. The zero-order valence-electron chi connectivity index (χ0n) is 9.18. The van der Waals surface area contributed by atoms with Gasteiger partial charge < -0.3 is 21.2 Å². The molecular formula is C10H14N4O2. The molecule has 0 unspecified atom stereocenters. The summed E-state index contributed by atoms with van der Waals surface area (Å²) in [6.45, 7) is 0. The van der Waals surface area contributed by atoms with Crippen LogP contribution >= 0.6 is 0 Å². The molecule has 16 heavy (non-hydrogen) atoms. The van der Waals surface area contributed by atoms with Crippen LogP contribution in [-0.2, 0) is 0 Å². The number of nitrogens with two attached hydrogens (primary N) is 2. The summed E-state index contributed by atoms with van der Waals surface area (Å²) in [5.74, 6) is 11.4. The van der Waals surface area contributed by atoms with Crippen molar-refractivity contribution >= 4 is 12.4 Å². The van der Waals surface area contributed by atoms with Gasteiger partial charge in [-0.25, -0.2) is 0 Å². The van der Waals surface area contributed by atoms with Crippen molar-refractivity contribution in [3.05, 3.63) is 23.3 Å². The number of hydrogen-bond donors (Lipinski definition) is 2. The second-order valence-corrected chi connectivity index (χ2v) is 2.89. The summed E-state index contributed by atoms with van der Waals surface area (Å²) in [5, 5.41) is 6.89. The largest absolute Gasteiger partial charge is 0.496 e. The van der Waals surface area contributed by atoms with Crippen molar-refractivity contribution in [3.63, 3.8) is 0 Å². The molecule has 0 aliphatic rings. The summed E-state index contributed by atoms with van der Waals surface area (Å²) < 4.78 is 10.4. The quantitative estimate of drug-likeness (QED) is 0.435. The highest BCUT2D eigenvalue weighted by Gasteiger charge is 2.08. The van der Waals surface area contributed by atoms with Crippen LogP contribution in [0.3, 0.4) is 0 Å². The summed E-state index contributed by atoms with van der Waals surface area (Å²) in [6, 6.07) is 3.48. The summed E-state index contributed by atoms with van der Waals surface area (Å²) >= 11 is 0. The molecule has 6 nitrogen and oxygen atoms in total. The highest BCUT2D eigenvalue weighted by atomic mass is 16.5. The first kappa shape index (κ1) is 11.8. The van der Waals surface area contributed by atoms with Gasteiger partial charge in [-0.15, -0.1) is 0 Å². The van der Waals surface area contributed by atoms with Crippen molar-refractivity contribution in [3.8, 4) is 11.5 Å². The number of hydrogen-bond acceptors (Lipinski definition) is 6. The van der Waals surface area contributed by atoms with Gasteiger partial charge in [0.2, 0.25) is 0 Å². The Kier molecular flexibility index (Phi) is 4.14. The predicted octanol–water partition coefficient (Wildman–Crippen LogP) is 0.289. The van der Waals surface area contributed by atoms with Gasteiger partial charge in [0.1, 0.15) is 11.5 Å². The molecule has 0 saturated heterocycles. The molecule has 1 aromatic carbocycles. The van der Waals surface area contributed by atoms with E-state index in [2.05, 4.69) is 10.2 Å². The highest BCUT2D eigenvalue weighted by molar-refractivity contribution is 5.90. The van der Waals surface area contributed by atoms with E-state index in [-0.39, 0.29) is 0 Å². The summed E-state index contributed by atoms with van der Waals surface area (Å²) in [7, 11) is 3.11. The van der Waals surface area contributed by atoms with Crippen LogP contribution in [0.4, 0.5) is 0 Å². The third-order valence-corrected chi connectivity index (χ3v) is 2.01. The molecule has 0 radical (unpaired) electrons. The second-order valence-electron chi connectivity index (χ2n) is 2.89. The molecule has 1 aromatic rings. The smallest absolute Gasteiger partial charge is 0.128 e. The number of rotatable bonds is 4. The number of nitrogens with zero attached hydrogens (tertiary/aromatic N) is 2. The van der Waals surface area contributed by atoms with Gasteiger partial charge in [-0.1, -0.05) is 0 Å². The van der Waals surface area contributed by atoms with Gasteiger partial charge in [0.05, 0.1) is 26.6 Å². The Bertz CT molecular complexity index is 376. The Hall–Kier alpha value is -2.24. The first-order valence-electron chi connectivity index (χ1n) is 4.49. The monoisotopic (exact) mass is 222 g/mol. The maximum atomic E-state index is 5.18. The van der Waals surface area contributed by atoms with Crippen LogP contribution in [-0.4, -0.2) is 26.6 Å². The van der Waals surface area contributed by atoms with E-state index >= 15 is 0 Å². The van der Waals surface area contributed by atoms with E-state index in [9.17, 15) is 0 Å². The van der Waals surface area contributed by atoms with Gasteiger partial charge in [-0.2, -0.15) is 10.2 Å². The van der Waals surface area contributed by atoms with Crippen LogP contribution < -0.4 is 21.2 Å². The molecule has 0 bridgehead atoms. The Morgan fingerprint density at radius 1 is 0.938 bits per heavy atom. The van der Waals surface area contributed by atoms with E-state index < -0.39 is 0 Å². The third-order valence-electron chi connectivity index (χ3n) is 2.01. The zero-order valence-corrected chi connectivity index (χ0v) is 9.18. The van der Waals surface area contributed by atoms with Crippen LogP contribution in [0.1, 0.15) is 11.1 Å². The van der Waals surface area contributed by atoms with E-state index in [1.54, 1.807) is 26.4 Å². The predicted molar refractivity (Wildman–Crippen MR) is 63.1 cm³/mol. The Balaban J connectivity index is 3.33. The average molecular weight is 222 g/mol. The van der Waals surface area contributed by atoms with Crippen molar-refractivity contribution in [1.29, 1.82) is 0 Å². The van der Waals surface area contributed by atoms with Gasteiger partial charge in [-0.05, 0) is 12.1 Å². The van der Waals surface area contributed by atoms with E-state index in [0.29, 0.717) is 11.5 Å². The molecule has 0 heterocycles. The van der Waals surface area contributed by atoms with Crippen LogP contribution in [0.25, 0.3) is 0 Å². The van der Waals surface area contributed by atoms with Gasteiger partial charge in [0.15, 0.2) is 0 Å². The molecule has 0 fully saturated rings. The topological polar surface area (TPSA) is 95.2 Å². The van der Waals surface area contributed by atoms with Crippen LogP contribution in [0.2, 0.25) is 0 Å². The normalized spacial score (nSPS) is 11.1. The molecule has 0 aliphatic carbocycles. The van der Waals surface area contributed by atoms with Crippen molar-refractivity contribution in [2.45, 2.75) is 0 Å². The van der Waals surface area contributed by atoms with Crippen molar-refractivity contribution in [2.75, 3.05) is 14.2 Å². The van der Waals surface area contributed by atoms with Gasteiger partial charge in [0.25, 0.3) is 0 Å². The van der Waals surface area contributed by atoms with E-state index in [1.165, 1.54) is 12.4 Å². The molecule has 0 atom stereocenters. The van der Waals surface area contributed by atoms with Gasteiger partial charge in [0, 0.05) is 11.1 Å². The number of benzene rings is 1. The van der Waals surface area contributed by atoms with Gasteiger partial charge in [-0.3, -0.25) is 0 Å². The maximum absolute atomic E-state index is 5.18. The number of ether oxygens (including phenoxy) is 2. The molecule has 0 saturated carbocycles. The molecular weight excluding hydrogens is 208 g/mol. The van der Waals surface area contributed by atoms with E-state index in [0.717, 1.165) is 11.1 Å². The fourth-order valence-corrected chi connectivity index (χ4v) is 1.31. The lowest BCUT2D eigenvalue weighted by Gasteiger charge is -2.09. The minimum Gasteiger partial charge on any atom is -0.496 e. The Morgan fingerprint density at radius 2 is 1.31 bits per heavy atom. The Labute approximate surface area is 93.5 Å². The molecule has 0 aliphatic heterocycles. The standard InChI is InChI=1S/C10H14N4O2/c1-15-9-3-8(6-14-12)10(16-2)4-7(9)5-13-11/h3-6H,11-12H2,1-2H3/b13-5-,14-6-. The van der Waals surface area contributed by atoms with Crippen molar-refractivity contribution < 1.29 is 9.47 Å². The van der Waals surface area contributed by atoms with Crippen LogP contribution in [0, 0.1) is 0 Å². The maximum Gasteiger partial charge on any atom is 0.128 e. The van der Waals surface area contributed by atoms with Crippen molar-refractivity contribution in [2.24, 2.45) is 21.9 Å². The minimum atomic E-state index is 0.616. The molecule has 86 valence electrons. The number of hydrazone groups is 2. The molecule has 0 amide bonds. The Morgan fingerprint density at radius 3 is 1.56 bits per heavy atom. The van der Waals surface area contributed by atoms with Crippen molar-refractivity contribution in [1.82, 2.24) is 0 Å². The molecule has 6 heteroatoms. The lowest BCUT2D eigenvalue weighted by molar-refractivity contribution is 0.402. The molecule has 0 spiro atoms. The highest BCUT2D eigenvalue weighted by Crippen LogP contribution is 2.26. The van der Waals surface area contributed by atoms with Gasteiger partial charge >= 0.3 is 0 Å². The van der Waals surface area contributed by atoms with E-state index in [1.807, 2.05) is 0 Å². The summed E-state index contributed by atoms with van der Waals surface area (Å²) in [4.78, 5) is 0. The first-order chi connectivity index (χ1) is 7.76. The van der Waals surface area contributed by atoms with Crippen LogP contribution in [0.15, 0.2) is 22.3 Å². The molecule has 4 N–H and O–H groups in total. The lowest BCUT2D eigenvalue weighted by atomic mass is 10.1. The van der Waals surface area contributed by atoms with Crippen LogP contribution in [0.5, 0.6) is 11.5 Å². The molecule has 1 rings (SSSR count). The SMILES string of the molecule is COc1cc(/C=N\N)c(OC)cc1/C=N\N. The third kappa shape index (κ3) is 2.41. The van der Waals surface area contributed by atoms with E-state index in [4.69, 9.17) is 21.2 Å². The minimum absolute atomic E-state index is 0.616. The fourth-order valence-electron chi connectivity index (χ4n) is 1.31. The molecule has 0 aromatic heterocycles. The number of methoxy groups -OCH3 is 2. The average Bonchev–Trinajstić information content (AvgIpc) is 2.31. The lowest BCUT2D eigenvalue weighted by Crippen LogP contribution is -1.99.